The van der Waals surface area contributed by atoms with Crippen molar-refractivity contribution in [2.45, 2.75) is 18.5 Å². The highest BCUT2D eigenvalue weighted by Gasteiger charge is 2.34. The van der Waals surface area contributed by atoms with Crippen molar-refractivity contribution in [3.63, 3.8) is 0 Å². The summed E-state index contributed by atoms with van der Waals surface area (Å²) >= 11 is 6.00. The summed E-state index contributed by atoms with van der Waals surface area (Å²) in [6.45, 7) is -0.595. The largest absolute Gasteiger partial charge is 0.387 e. The monoisotopic (exact) mass is 383 g/mol. The molecule has 0 bridgehead atoms. The number of benzene rings is 2. The Hall–Kier alpha value is -2.83. The van der Waals surface area contributed by atoms with Crippen LogP contribution in [0.25, 0.3) is 10.9 Å². The minimum Gasteiger partial charge on any atom is -0.387 e. The molecule has 0 saturated heterocycles. The van der Waals surface area contributed by atoms with Crippen LogP contribution in [-0.2, 0) is 11.2 Å². The predicted octanol–water partition coefficient (Wildman–Crippen LogP) is 2.33. The lowest BCUT2D eigenvalue weighted by atomic mass is 10.1. The highest BCUT2D eigenvalue weighted by molar-refractivity contribution is 6.31. The van der Waals surface area contributed by atoms with Gasteiger partial charge in [-0.15, -0.1) is 0 Å². The Morgan fingerprint density at radius 3 is 2.78 bits per heavy atom. The quantitative estimate of drug-likeness (QED) is 0.557. The summed E-state index contributed by atoms with van der Waals surface area (Å²) < 4.78 is 0. The molecule has 4 N–H and O–H groups in total. The summed E-state index contributed by atoms with van der Waals surface area (Å²) in [6.07, 6.45) is 0.602. The van der Waals surface area contributed by atoms with Gasteiger partial charge in [-0.25, -0.2) is 0 Å². The number of nitrogens with one attached hydrogen (secondary N) is 3. The van der Waals surface area contributed by atoms with Crippen LogP contribution in [0.1, 0.15) is 27.7 Å². The van der Waals surface area contributed by atoms with Crippen molar-refractivity contribution < 1.29 is 14.7 Å². The molecular weight excluding hydrogens is 366 g/mol. The van der Waals surface area contributed by atoms with Gasteiger partial charge in [0, 0.05) is 15.9 Å². The first-order chi connectivity index (χ1) is 13.0. The molecule has 1 heterocycles. The summed E-state index contributed by atoms with van der Waals surface area (Å²) in [5.74, 6) is -0.736. The van der Waals surface area contributed by atoms with Crippen molar-refractivity contribution >= 4 is 34.3 Å². The molecule has 138 valence electrons. The molecule has 1 aromatic heterocycles. The fourth-order valence-electron chi connectivity index (χ4n) is 3.60. The first-order valence-corrected chi connectivity index (χ1v) is 9.00. The molecule has 3 aromatic rings. The van der Waals surface area contributed by atoms with E-state index in [9.17, 15) is 9.59 Å². The second-order valence-electron chi connectivity index (χ2n) is 6.60. The molecule has 0 radical (unpaired) electrons. The lowest BCUT2D eigenvalue weighted by molar-refractivity contribution is -0.124. The van der Waals surface area contributed by atoms with E-state index in [-0.39, 0.29) is 18.0 Å². The molecule has 2 atom stereocenters. The van der Waals surface area contributed by atoms with Gasteiger partial charge in [-0.05, 0) is 41.8 Å². The zero-order valence-corrected chi connectivity index (χ0v) is 15.1. The number of H-pyrrole nitrogens is 1. The summed E-state index contributed by atoms with van der Waals surface area (Å²) in [5.41, 5.74) is 3.27. The number of aliphatic hydroxyl groups excluding tert-OH is 1. The molecule has 7 heteroatoms. The second kappa shape index (κ2) is 7.06. The van der Waals surface area contributed by atoms with Crippen LogP contribution in [0.4, 0.5) is 0 Å². The number of aromatic amines is 1. The summed E-state index contributed by atoms with van der Waals surface area (Å²) in [4.78, 5) is 27.6. The van der Waals surface area contributed by atoms with Gasteiger partial charge in [-0.2, -0.15) is 0 Å². The third-order valence-electron chi connectivity index (χ3n) is 4.84. The van der Waals surface area contributed by atoms with Crippen molar-refractivity contribution in [2.24, 2.45) is 0 Å². The molecule has 27 heavy (non-hydrogen) atoms. The smallest absolute Gasteiger partial charge is 0.268 e. The van der Waals surface area contributed by atoms with Gasteiger partial charge in [0.15, 0.2) is 0 Å². The first-order valence-electron chi connectivity index (χ1n) is 8.62. The van der Waals surface area contributed by atoms with Crippen LogP contribution in [-0.4, -0.2) is 34.6 Å². The molecular formula is C20H18ClN3O3. The van der Waals surface area contributed by atoms with Gasteiger partial charge in [0.2, 0.25) is 5.91 Å². The Morgan fingerprint density at radius 2 is 1.96 bits per heavy atom. The third kappa shape index (κ3) is 3.41. The molecule has 2 aromatic carbocycles. The number of fused-ring (bicyclic) bond motifs is 2. The minimum absolute atomic E-state index is 0.261. The molecule has 0 saturated carbocycles. The zero-order valence-electron chi connectivity index (χ0n) is 14.3. The second-order valence-corrected chi connectivity index (χ2v) is 7.04. The number of aromatic nitrogens is 1. The SMILES string of the molecule is O=C(CO)N[C@@H]1c2ccccc2C[C@H]1NC(=O)c1cc2cc(Cl)ccc2[nH]1. The summed E-state index contributed by atoms with van der Waals surface area (Å²) in [6, 6.07) is 14.2. The number of aliphatic hydroxyl groups is 1. The first kappa shape index (κ1) is 17.6. The van der Waals surface area contributed by atoms with E-state index in [1.807, 2.05) is 30.3 Å². The topological polar surface area (TPSA) is 94.2 Å². The highest BCUT2D eigenvalue weighted by Crippen LogP contribution is 2.31. The van der Waals surface area contributed by atoms with E-state index in [1.54, 1.807) is 18.2 Å². The number of carbonyl (C=O) groups is 2. The number of carbonyl (C=O) groups excluding carboxylic acids is 2. The maximum atomic E-state index is 12.8. The van der Waals surface area contributed by atoms with Crippen LogP contribution in [0, 0.1) is 0 Å². The molecule has 1 aliphatic rings. The maximum absolute atomic E-state index is 12.8. The Kier molecular flexibility index (Phi) is 4.59. The summed E-state index contributed by atoms with van der Waals surface area (Å²) in [5, 5.41) is 16.3. The summed E-state index contributed by atoms with van der Waals surface area (Å²) in [7, 11) is 0. The number of amides is 2. The van der Waals surface area contributed by atoms with Gasteiger partial charge in [-0.1, -0.05) is 35.9 Å². The van der Waals surface area contributed by atoms with E-state index >= 15 is 0 Å². The molecule has 0 unspecified atom stereocenters. The van der Waals surface area contributed by atoms with Crippen LogP contribution in [0.3, 0.4) is 0 Å². The van der Waals surface area contributed by atoms with Gasteiger partial charge in [0.05, 0.1) is 12.1 Å². The highest BCUT2D eigenvalue weighted by atomic mass is 35.5. The molecule has 0 spiro atoms. The fourth-order valence-corrected chi connectivity index (χ4v) is 3.78. The Bertz CT molecular complexity index is 1030. The van der Waals surface area contributed by atoms with Crippen LogP contribution in [0.5, 0.6) is 0 Å². The lowest BCUT2D eigenvalue weighted by Crippen LogP contribution is -2.45. The van der Waals surface area contributed by atoms with Crippen LogP contribution < -0.4 is 10.6 Å². The van der Waals surface area contributed by atoms with Crippen molar-refractivity contribution in [3.8, 4) is 0 Å². The van der Waals surface area contributed by atoms with Crippen LogP contribution in [0.2, 0.25) is 5.02 Å². The van der Waals surface area contributed by atoms with Gasteiger partial charge in [-0.3, -0.25) is 9.59 Å². The van der Waals surface area contributed by atoms with Crippen molar-refractivity contribution in [3.05, 3.63) is 70.4 Å². The number of hydrogen-bond acceptors (Lipinski definition) is 3. The average molecular weight is 384 g/mol. The Labute approximate surface area is 160 Å². The third-order valence-corrected chi connectivity index (χ3v) is 5.07. The average Bonchev–Trinajstić information content (AvgIpc) is 3.23. The standard InChI is InChI=1S/C20H18ClN3O3/c21-13-5-6-15-12(7-13)9-17(22-15)20(27)23-16-8-11-3-1-2-4-14(11)19(16)24-18(26)10-25/h1-7,9,16,19,22,25H,8,10H2,(H,23,27)(H,24,26)/t16-,19-/m1/s1. The molecule has 1 aliphatic carbocycles. The molecule has 2 amide bonds. The number of halogens is 1. The maximum Gasteiger partial charge on any atom is 0.268 e. The van der Waals surface area contributed by atoms with Gasteiger partial charge >= 0.3 is 0 Å². The number of hydrogen-bond donors (Lipinski definition) is 4. The Balaban J connectivity index is 1.58. The molecule has 0 aliphatic heterocycles. The molecule has 4 rings (SSSR count). The van der Waals surface area contributed by atoms with Gasteiger partial charge < -0.3 is 20.7 Å². The fraction of sp³-hybridized carbons (Fsp3) is 0.200. The normalized spacial score (nSPS) is 18.3. The molecule has 6 nitrogen and oxygen atoms in total. The van der Waals surface area contributed by atoms with Crippen LogP contribution in [0.15, 0.2) is 48.5 Å². The van der Waals surface area contributed by atoms with Gasteiger partial charge in [0.25, 0.3) is 5.91 Å². The molecule has 0 fully saturated rings. The van der Waals surface area contributed by atoms with Crippen molar-refractivity contribution in [1.82, 2.24) is 15.6 Å². The van der Waals surface area contributed by atoms with Crippen molar-refractivity contribution in [2.75, 3.05) is 6.61 Å². The van der Waals surface area contributed by atoms with Crippen molar-refractivity contribution in [1.29, 1.82) is 0 Å². The predicted molar refractivity (Wildman–Crippen MR) is 103 cm³/mol. The number of rotatable bonds is 4. The van der Waals surface area contributed by atoms with Crippen LogP contribution >= 0.6 is 11.6 Å². The lowest BCUT2D eigenvalue weighted by Gasteiger charge is -2.22. The van der Waals surface area contributed by atoms with E-state index in [0.29, 0.717) is 17.1 Å². The van der Waals surface area contributed by atoms with E-state index in [2.05, 4.69) is 15.6 Å². The van der Waals surface area contributed by atoms with E-state index in [4.69, 9.17) is 16.7 Å². The zero-order chi connectivity index (χ0) is 19.0. The van der Waals surface area contributed by atoms with E-state index < -0.39 is 12.5 Å². The van der Waals surface area contributed by atoms with E-state index in [0.717, 1.165) is 22.0 Å². The Morgan fingerprint density at radius 1 is 1.15 bits per heavy atom. The van der Waals surface area contributed by atoms with Gasteiger partial charge in [0.1, 0.15) is 12.3 Å². The van der Waals surface area contributed by atoms with E-state index in [1.165, 1.54) is 0 Å². The minimum atomic E-state index is -0.595.